The van der Waals surface area contributed by atoms with Gasteiger partial charge < -0.3 is 49.1 Å². The van der Waals surface area contributed by atoms with E-state index >= 15 is 0 Å². The van der Waals surface area contributed by atoms with Gasteiger partial charge in [-0.1, -0.05) is 20.3 Å². The Labute approximate surface area is 222 Å². The lowest BCUT2D eigenvalue weighted by molar-refractivity contribution is -0.143. The van der Waals surface area contributed by atoms with Crippen LogP contribution in [0.1, 0.15) is 65.2 Å². The Morgan fingerprint density at radius 2 is 1.34 bits per heavy atom. The molecule has 3 amide bonds. The van der Waals surface area contributed by atoms with E-state index in [0.717, 1.165) is 0 Å². The molecule has 0 fully saturated rings. The Balaban J connectivity index is 5.64. The molecule has 0 aliphatic rings. The minimum atomic E-state index is -1.36. The summed E-state index contributed by atoms with van der Waals surface area (Å²) in [5.74, 6) is -4.86. The monoisotopic (exact) mass is 544 g/mol. The zero-order chi connectivity index (χ0) is 29.3. The normalized spacial score (nSPS) is 14.0. The zero-order valence-corrected chi connectivity index (χ0v) is 22.2. The molecule has 0 radical (unpaired) electrons. The highest BCUT2D eigenvalue weighted by Gasteiger charge is 2.30. The SMILES string of the molecule is CC(C)CC(NC(=O)C(CCC(=O)O)NC(=O)C(CCCN=C(N)N)NC(=O)C(N)CCCCN)C(=O)O. The van der Waals surface area contributed by atoms with Crippen LogP contribution < -0.4 is 38.9 Å². The number of aliphatic imine (C=N–C) groups is 1. The highest BCUT2D eigenvalue weighted by molar-refractivity contribution is 5.94. The number of carboxylic acids is 2. The summed E-state index contributed by atoms with van der Waals surface area (Å²) in [4.78, 5) is 65.2. The summed E-state index contributed by atoms with van der Waals surface area (Å²) >= 11 is 0. The number of aliphatic carboxylic acids is 2. The van der Waals surface area contributed by atoms with E-state index < -0.39 is 60.2 Å². The number of nitrogens with one attached hydrogen (secondary N) is 3. The molecule has 15 nitrogen and oxygen atoms in total. The van der Waals surface area contributed by atoms with Crippen LogP contribution >= 0.6 is 0 Å². The van der Waals surface area contributed by atoms with Crippen molar-refractivity contribution in [3.05, 3.63) is 0 Å². The lowest BCUT2D eigenvalue weighted by atomic mass is 10.0. The third-order valence-corrected chi connectivity index (χ3v) is 5.49. The molecule has 0 rings (SSSR count). The van der Waals surface area contributed by atoms with Crippen LogP contribution in [-0.4, -0.2) is 83.1 Å². The van der Waals surface area contributed by atoms with Crippen molar-refractivity contribution in [3.8, 4) is 0 Å². The van der Waals surface area contributed by atoms with Crippen LogP contribution in [-0.2, 0) is 24.0 Å². The Kier molecular flexibility index (Phi) is 17.0. The van der Waals surface area contributed by atoms with Gasteiger partial charge in [-0.05, 0) is 51.0 Å². The van der Waals surface area contributed by atoms with Crippen LogP contribution in [0.5, 0.6) is 0 Å². The van der Waals surface area contributed by atoms with Crippen molar-refractivity contribution in [2.75, 3.05) is 13.1 Å². The van der Waals surface area contributed by atoms with Gasteiger partial charge in [-0.25, -0.2) is 4.79 Å². The number of carbonyl (C=O) groups excluding carboxylic acids is 3. The molecule has 13 N–H and O–H groups in total. The van der Waals surface area contributed by atoms with Gasteiger partial charge in [0, 0.05) is 13.0 Å². The highest BCUT2D eigenvalue weighted by atomic mass is 16.4. The van der Waals surface area contributed by atoms with Crippen LogP contribution in [0.25, 0.3) is 0 Å². The van der Waals surface area contributed by atoms with Crippen molar-refractivity contribution in [2.24, 2.45) is 33.8 Å². The molecule has 0 aliphatic heterocycles. The van der Waals surface area contributed by atoms with Gasteiger partial charge in [0.2, 0.25) is 17.7 Å². The van der Waals surface area contributed by atoms with Crippen molar-refractivity contribution in [2.45, 2.75) is 89.4 Å². The highest BCUT2D eigenvalue weighted by Crippen LogP contribution is 2.08. The van der Waals surface area contributed by atoms with Gasteiger partial charge in [0.05, 0.1) is 6.04 Å². The maximum absolute atomic E-state index is 13.1. The number of hydrogen-bond acceptors (Lipinski definition) is 8. The molecule has 0 bridgehead atoms. The molecule has 0 aromatic heterocycles. The third-order valence-electron chi connectivity index (χ3n) is 5.49. The lowest BCUT2D eigenvalue weighted by Crippen LogP contribution is -2.57. The van der Waals surface area contributed by atoms with E-state index in [4.69, 9.17) is 28.0 Å². The molecule has 15 heteroatoms. The van der Waals surface area contributed by atoms with Gasteiger partial charge in [-0.2, -0.15) is 0 Å². The maximum atomic E-state index is 13.1. The second kappa shape index (κ2) is 18.7. The number of unbranched alkanes of at least 4 members (excludes halogenated alkanes) is 1. The van der Waals surface area contributed by atoms with Crippen LogP contribution in [0.3, 0.4) is 0 Å². The van der Waals surface area contributed by atoms with E-state index in [1.54, 1.807) is 13.8 Å². The molecule has 218 valence electrons. The molecule has 0 saturated heterocycles. The zero-order valence-electron chi connectivity index (χ0n) is 22.2. The number of carbonyl (C=O) groups is 5. The van der Waals surface area contributed by atoms with Gasteiger partial charge in [0.25, 0.3) is 0 Å². The van der Waals surface area contributed by atoms with Gasteiger partial charge >= 0.3 is 11.9 Å². The molecule has 0 saturated carbocycles. The number of guanidine groups is 1. The maximum Gasteiger partial charge on any atom is 0.326 e. The van der Waals surface area contributed by atoms with E-state index in [-0.39, 0.29) is 37.7 Å². The summed E-state index contributed by atoms with van der Waals surface area (Å²) in [7, 11) is 0. The smallest absolute Gasteiger partial charge is 0.326 e. The Hall–Kier alpha value is -3.46. The van der Waals surface area contributed by atoms with Crippen LogP contribution in [0, 0.1) is 5.92 Å². The van der Waals surface area contributed by atoms with Crippen molar-refractivity contribution in [3.63, 3.8) is 0 Å². The summed E-state index contributed by atoms with van der Waals surface area (Å²) in [6.45, 7) is 4.18. The van der Waals surface area contributed by atoms with E-state index in [9.17, 15) is 29.1 Å². The number of nitrogens with two attached hydrogens (primary N) is 4. The number of nitrogens with zero attached hydrogens (tertiary/aromatic N) is 1. The van der Waals surface area contributed by atoms with Crippen LogP contribution in [0.2, 0.25) is 0 Å². The summed E-state index contributed by atoms with van der Waals surface area (Å²) in [6.07, 6.45) is 1.39. The van der Waals surface area contributed by atoms with Gasteiger partial charge in [-0.3, -0.25) is 24.2 Å². The molecule has 38 heavy (non-hydrogen) atoms. The minimum Gasteiger partial charge on any atom is -0.481 e. The van der Waals surface area contributed by atoms with E-state index in [0.29, 0.717) is 32.2 Å². The molecule has 0 aromatic carbocycles. The minimum absolute atomic E-state index is 0.0534. The number of rotatable bonds is 20. The standard InChI is InChI=1S/C23H44N8O7/c1-13(2)12-17(22(37)38)31-21(36)16(8-9-18(32)33)30-20(35)15(7-5-11-28-23(26)27)29-19(34)14(25)6-3-4-10-24/h13-17H,3-12,24-25H2,1-2H3,(H,29,34)(H,30,35)(H,31,36)(H,32,33)(H,37,38)(H4,26,27,28). The summed E-state index contributed by atoms with van der Waals surface area (Å²) in [5.41, 5.74) is 22.0. The molecule has 0 aliphatic carbocycles. The third kappa shape index (κ3) is 15.6. The first kappa shape index (κ1) is 34.5. The van der Waals surface area contributed by atoms with E-state index in [1.807, 2.05) is 0 Å². The van der Waals surface area contributed by atoms with Crippen LogP contribution in [0.15, 0.2) is 4.99 Å². The first-order valence-electron chi connectivity index (χ1n) is 12.6. The summed E-state index contributed by atoms with van der Waals surface area (Å²) in [5, 5.41) is 25.9. The predicted octanol–water partition coefficient (Wildman–Crippen LogP) is -2.05. The van der Waals surface area contributed by atoms with Crippen molar-refractivity contribution in [1.82, 2.24) is 16.0 Å². The average Bonchev–Trinajstić information content (AvgIpc) is 2.82. The Morgan fingerprint density at radius 1 is 0.789 bits per heavy atom. The fourth-order valence-corrected chi connectivity index (χ4v) is 3.46. The number of amides is 3. The first-order valence-corrected chi connectivity index (χ1v) is 12.6. The quantitative estimate of drug-likeness (QED) is 0.0456. The second-order valence-corrected chi connectivity index (χ2v) is 9.42. The largest absolute Gasteiger partial charge is 0.481 e. The second-order valence-electron chi connectivity index (χ2n) is 9.42. The van der Waals surface area contributed by atoms with Gasteiger partial charge in [0.1, 0.15) is 18.1 Å². The predicted molar refractivity (Wildman–Crippen MR) is 141 cm³/mol. The fourth-order valence-electron chi connectivity index (χ4n) is 3.46. The average molecular weight is 545 g/mol. The van der Waals surface area contributed by atoms with Crippen molar-refractivity contribution >= 4 is 35.6 Å². The lowest BCUT2D eigenvalue weighted by Gasteiger charge is -2.25. The van der Waals surface area contributed by atoms with Gasteiger partial charge in [0.15, 0.2) is 5.96 Å². The molecule has 4 atom stereocenters. The van der Waals surface area contributed by atoms with Crippen molar-refractivity contribution < 1.29 is 34.2 Å². The summed E-state index contributed by atoms with van der Waals surface area (Å²) in [6, 6.07) is -4.62. The molecule has 0 spiro atoms. The number of hydrogen-bond donors (Lipinski definition) is 9. The molecule has 0 aromatic rings. The van der Waals surface area contributed by atoms with E-state index in [1.165, 1.54) is 0 Å². The first-order chi connectivity index (χ1) is 17.8. The fraction of sp³-hybridized carbons (Fsp3) is 0.739. The van der Waals surface area contributed by atoms with Gasteiger partial charge in [-0.15, -0.1) is 0 Å². The van der Waals surface area contributed by atoms with E-state index in [2.05, 4.69) is 20.9 Å². The van der Waals surface area contributed by atoms with Crippen LogP contribution in [0.4, 0.5) is 0 Å². The molecular formula is C23H44N8O7. The molecular weight excluding hydrogens is 500 g/mol. The number of carboxylic acid groups (broad SMARTS) is 2. The Morgan fingerprint density at radius 3 is 1.84 bits per heavy atom. The Bertz CT molecular complexity index is 818. The summed E-state index contributed by atoms with van der Waals surface area (Å²) < 4.78 is 0. The molecule has 0 heterocycles. The van der Waals surface area contributed by atoms with Crippen molar-refractivity contribution in [1.29, 1.82) is 0 Å². The molecule has 4 unspecified atom stereocenters. The topological polar surface area (TPSA) is 278 Å².